The second kappa shape index (κ2) is 11.2. The van der Waals surface area contributed by atoms with Gasteiger partial charge in [-0.25, -0.2) is 0 Å². The SMILES string of the molecule is CCCNC(=O)[C@H](C)N(Cc1cccc(Br)c1)C(=O)CCc1ccc2c(c1)OCCO2. The van der Waals surface area contributed by atoms with Crippen LogP contribution in [0.4, 0.5) is 0 Å². The van der Waals surface area contributed by atoms with Gasteiger partial charge in [-0.1, -0.05) is 41.1 Å². The summed E-state index contributed by atoms with van der Waals surface area (Å²) in [6.07, 6.45) is 1.72. The molecule has 6 nitrogen and oxygen atoms in total. The van der Waals surface area contributed by atoms with Crippen molar-refractivity contribution < 1.29 is 19.1 Å². The van der Waals surface area contributed by atoms with Crippen LogP contribution in [0.1, 0.15) is 37.8 Å². The number of hydrogen-bond acceptors (Lipinski definition) is 4. The topological polar surface area (TPSA) is 67.9 Å². The molecular formula is C24H29BrN2O4. The Morgan fingerprint density at radius 1 is 1.10 bits per heavy atom. The fourth-order valence-corrected chi connectivity index (χ4v) is 3.90. The molecule has 0 fully saturated rings. The van der Waals surface area contributed by atoms with Crippen LogP contribution in [0.25, 0.3) is 0 Å². The molecule has 2 aromatic rings. The lowest BCUT2D eigenvalue weighted by atomic mass is 10.1. The summed E-state index contributed by atoms with van der Waals surface area (Å²) in [4.78, 5) is 27.4. The molecule has 1 aliphatic rings. The van der Waals surface area contributed by atoms with Crippen molar-refractivity contribution in [1.29, 1.82) is 0 Å². The minimum absolute atomic E-state index is 0.0611. The first-order valence-electron chi connectivity index (χ1n) is 10.7. The molecule has 0 spiro atoms. The van der Waals surface area contributed by atoms with E-state index in [4.69, 9.17) is 9.47 Å². The Balaban J connectivity index is 1.70. The summed E-state index contributed by atoms with van der Waals surface area (Å²) in [5.74, 6) is 1.26. The van der Waals surface area contributed by atoms with Crippen molar-refractivity contribution in [3.63, 3.8) is 0 Å². The number of carbonyl (C=O) groups excluding carboxylic acids is 2. The van der Waals surface area contributed by atoms with Crippen LogP contribution < -0.4 is 14.8 Å². The van der Waals surface area contributed by atoms with E-state index in [0.29, 0.717) is 39.1 Å². The van der Waals surface area contributed by atoms with Crippen molar-refractivity contribution in [2.45, 2.75) is 45.7 Å². The fraction of sp³-hybridized carbons (Fsp3) is 0.417. The number of benzene rings is 2. The van der Waals surface area contributed by atoms with Gasteiger partial charge in [-0.15, -0.1) is 0 Å². The van der Waals surface area contributed by atoms with Crippen molar-refractivity contribution in [2.75, 3.05) is 19.8 Å². The number of rotatable bonds is 9. The Labute approximate surface area is 192 Å². The zero-order valence-electron chi connectivity index (χ0n) is 18.0. The first-order chi connectivity index (χ1) is 15.0. The number of nitrogens with one attached hydrogen (secondary N) is 1. The summed E-state index contributed by atoms with van der Waals surface area (Å²) in [6.45, 7) is 5.83. The number of ether oxygens (including phenoxy) is 2. The minimum Gasteiger partial charge on any atom is -0.486 e. The molecule has 1 heterocycles. The predicted molar refractivity (Wildman–Crippen MR) is 123 cm³/mol. The van der Waals surface area contributed by atoms with Gasteiger partial charge in [-0.05, 0) is 55.2 Å². The van der Waals surface area contributed by atoms with Crippen LogP contribution in [-0.4, -0.2) is 42.5 Å². The highest BCUT2D eigenvalue weighted by Gasteiger charge is 2.26. The number of nitrogens with zero attached hydrogens (tertiary/aromatic N) is 1. The number of fused-ring (bicyclic) bond motifs is 1. The van der Waals surface area contributed by atoms with E-state index in [9.17, 15) is 9.59 Å². The molecule has 0 aliphatic carbocycles. The Bertz CT molecular complexity index is 918. The summed E-state index contributed by atoms with van der Waals surface area (Å²) in [6, 6.07) is 13.0. The molecule has 166 valence electrons. The molecule has 0 unspecified atom stereocenters. The van der Waals surface area contributed by atoms with Crippen molar-refractivity contribution in [2.24, 2.45) is 0 Å². The molecule has 3 rings (SSSR count). The number of hydrogen-bond donors (Lipinski definition) is 1. The summed E-state index contributed by atoms with van der Waals surface area (Å²) in [5.41, 5.74) is 1.97. The van der Waals surface area contributed by atoms with Gasteiger partial charge in [0.15, 0.2) is 11.5 Å². The lowest BCUT2D eigenvalue weighted by Gasteiger charge is -2.29. The van der Waals surface area contributed by atoms with Crippen molar-refractivity contribution in [3.8, 4) is 11.5 Å². The standard InChI is InChI=1S/C24H29BrN2O4/c1-3-11-26-24(29)17(2)27(16-19-5-4-6-20(25)14-19)23(28)10-8-18-7-9-21-22(15-18)31-13-12-30-21/h4-7,9,14-15,17H,3,8,10-13,16H2,1-2H3,(H,26,29)/t17-/m0/s1. The molecule has 0 aromatic heterocycles. The summed E-state index contributed by atoms with van der Waals surface area (Å²) < 4.78 is 12.1. The van der Waals surface area contributed by atoms with Crippen LogP contribution in [-0.2, 0) is 22.6 Å². The molecule has 0 saturated heterocycles. The molecule has 0 saturated carbocycles. The highest BCUT2D eigenvalue weighted by atomic mass is 79.9. The number of halogens is 1. The predicted octanol–water partition coefficient (Wildman–Crippen LogP) is 4.10. The molecule has 31 heavy (non-hydrogen) atoms. The van der Waals surface area contributed by atoms with E-state index in [-0.39, 0.29) is 11.8 Å². The quantitative estimate of drug-likeness (QED) is 0.576. The van der Waals surface area contributed by atoms with E-state index in [1.165, 1.54) is 0 Å². The molecule has 0 radical (unpaired) electrons. The number of aryl methyl sites for hydroxylation is 1. The van der Waals surface area contributed by atoms with E-state index in [1.54, 1.807) is 11.8 Å². The molecule has 1 N–H and O–H groups in total. The highest BCUT2D eigenvalue weighted by molar-refractivity contribution is 9.10. The van der Waals surface area contributed by atoms with Crippen LogP contribution in [0, 0.1) is 0 Å². The molecule has 1 aliphatic heterocycles. The molecule has 1 atom stereocenters. The third-order valence-corrected chi connectivity index (χ3v) is 5.69. The van der Waals surface area contributed by atoms with Crippen LogP contribution in [0.2, 0.25) is 0 Å². The average molecular weight is 489 g/mol. The molecule has 2 aromatic carbocycles. The van der Waals surface area contributed by atoms with Gasteiger partial charge in [0.2, 0.25) is 11.8 Å². The van der Waals surface area contributed by atoms with E-state index in [1.807, 2.05) is 49.4 Å². The second-order valence-corrected chi connectivity index (χ2v) is 8.51. The van der Waals surface area contributed by atoms with Gasteiger partial charge in [-0.3, -0.25) is 9.59 Å². The van der Waals surface area contributed by atoms with Gasteiger partial charge in [0.25, 0.3) is 0 Å². The van der Waals surface area contributed by atoms with Gasteiger partial charge < -0.3 is 19.7 Å². The summed E-state index contributed by atoms with van der Waals surface area (Å²) in [7, 11) is 0. The van der Waals surface area contributed by atoms with Gasteiger partial charge in [0.05, 0.1) is 0 Å². The van der Waals surface area contributed by atoms with Gasteiger partial charge in [0, 0.05) is 24.0 Å². The largest absolute Gasteiger partial charge is 0.486 e. The maximum Gasteiger partial charge on any atom is 0.242 e. The van der Waals surface area contributed by atoms with Crippen molar-refractivity contribution in [3.05, 3.63) is 58.1 Å². The smallest absolute Gasteiger partial charge is 0.242 e. The lowest BCUT2D eigenvalue weighted by molar-refractivity contribution is -0.140. The maximum atomic E-state index is 13.2. The second-order valence-electron chi connectivity index (χ2n) is 7.60. The molecular weight excluding hydrogens is 460 g/mol. The van der Waals surface area contributed by atoms with E-state index in [2.05, 4.69) is 21.2 Å². The average Bonchev–Trinajstić information content (AvgIpc) is 2.78. The zero-order valence-corrected chi connectivity index (χ0v) is 19.6. The zero-order chi connectivity index (χ0) is 22.2. The van der Waals surface area contributed by atoms with E-state index in [0.717, 1.165) is 33.5 Å². The Kier molecular flexibility index (Phi) is 8.35. The van der Waals surface area contributed by atoms with Crippen molar-refractivity contribution >= 4 is 27.7 Å². The fourth-order valence-electron chi connectivity index (χ4n) is 3.45. The van der Waals surface area contributed by atoms with Crippen LogP contribution in [0.15, 0.2) is 46.9 Å². The molecule has 2 amide bonds. The molecule has 7 heteroatoms. The monoisotopic (exact) mass is 488 g/mol. The van der Waals surface area contributed by atoms with Gasteiger partial charge in [0.1, 0.15) is 19.3 Å². The van der Waals surface area contributed by atoms with Crippen molar-refractivity contribution in [1.82, 2.24) is 10.2 Å². The van der Waals surface area contributed by atoms with Crippen LogP contribution in [0.3, 0.4) is 0 Å². The highest BCUT2D eigenvalue weighted by Crippen LogP contribution is 2.31. The minimum atomic E-state index is -0.557. The summed E-state index contributed by atoms with van der Waals surface area (Å²) >= 11 is 3.48. The normalized spacial score (nSPS) is 13.4. The van der Waals surface area contributed by atoms with Crippen LogP contribution in [0.5, 0.6) is 11.5 Å². The Morgan fingerprint density at radius 3 is 2.61 bits per heavy atom. The lowest BCUT2D eigenvalue weighted by Crippen LogP contribution is -2.47. The van der Waals surface area contributed by atoms with E-state index >= 15 is 0 Å². The summed E-state index contributed by atoms with van der Waals surface area (Å²) in [5, 5.41) is 2.90. The van der Waals surface area contributed by atoms with Crippen LogP contribution >= 0.6 is 15.9 Å². The number of carbonyl (C=O) groups is 2. The third kappa shape index (κ3) is 6.47. The molecule has 0 bridgehead atoms. The Morgan fingerprint density at radius 2 is 1.87 bits per heavy atom. The first kappa shape index (κ1) is 23.1. The third-order valence-electron chi connectivity index (χ3n) is 5.19. The van der Waals surface area contributed by atoms with Gasteiger partial charge in [-0.2, -0.15) is 0 Å². The Hall–Kier alpha value is -2.54. The van der Waals surface area contributed by atoms with Gasteiger partial charge >= 0.3 is 0 Å². The van der Waals surface area contributed by atoms with E-state index < -0.39 is 6.04 Å². The maximum absolute atomic E-state index is 13.2. The number of amides is 2. The first-order valence-corrected chi connectivity index (χ1v) is 11.5.